The molecule has 2 fully saturated rings. The Morgan fingerprint density at radius 3 is 2.86 bits per heavy atom. The molecule has 2 aliphatic rings. The maximum atomic E-state index is 11.4. The molecule has 10 heteroatoms. The lowest BCUT2D eigenvalue weighted by Crippen LogP contribution is -2.30. The van der Waals surface area contributed by atoms with Crippen LogP contribution in [0.25, 0.3) is 11.7 Å². The monoisotopic (exact) mass is 397 g/mol. The van der Waals surface area contributed by atoms with E-state index in [2.05, 4.69) is 25.4 Å². The van der Waals surface area contributed by atoms with E-state index in [1.807, 2.05) is 6.07 Å². The van der Waals surface area contributed by atoms with Crippen LogP contribution in [0.1, 0.15) is 37.8 Å². The van der Waals surface area contributed by atoms with Crippen LogP contribution in [-0.4, -0.2) is 53.5 Å². The summed E-state index contributed by atoms with van der Waals surface area (Å²) in [4.78, 5) is 25.6. The Balaban J connectivity index is 1.62. The van der Waals surface area contributed by atoms with Gasteiger partial charge in [0.25, 0.3) is 0 Å². The van der Waals surface area contributed by atoms with Crippen LogP contribution in [0.5, 0.6) is 5.88 Å². The fraction of sp³-hybridized carbons (Fsp3) is 0.474. The normalized spacial score (nSPS) is 23.3. The summed E-state index contributed by atoms with van der Waals surface area (Å²) in [5.41, 5.74) is 1.01. The van der Waals surface area contributed by atoms with Gasteiger partial charge in [-0.05, 0) is 44.1 Å². The molecule has 0 aromatic carbocycles. The molecule has 5 N–H and O–H groups in total. The van der Waals surface area contributed by atoms with E-state index in [9.17, 15) is 15.0 Å². The van der Waals surface area contributed by atoms with Gasteiger partial charge in [0.2, 0.25) is 5.88 Å². The lowest BCUT2D eigenvalue weighted by molar-refractivity contribution is 0.171. The molecular weight excluding hydrogens is 374 g/mol. The van der Waals surface area contributed by atoms with Crippen LogP contribution in [0.2, 0.25) is 0 Å². The molecule has 10 nitrogen and oxygen atoms in total. The average Bonchev–Trinajstić information content (AvgIpc) is 3.18. The Morgan fingerprint density at radius 1 is 1.31 bits per heavy atom. The predicted molar refractivity (Wildman–Crippen MR) is 105 cm³/mol. The van der Waals surface area contributed by atoms with Crippen LogP contribution in [0.4, 0.5) is 5.82 Å². The zero-order chi connectivity index (χ0) is 20.0. The Morgan fingerprint density at radius 2 is 2.17 bits per heavy atom. The van der Waals surface area contributed by atoms with E-state index in [-0.39, 0.29) is 17.6 Å². The van der Waals surface area contributed by atoms with Crippen molar-refractivity contribution < 1.29 is 10.2 Å². The van der Waals surface area contributed by atoms with E-state index < -0.39 is 11.8 Å². The summed E-state index contributed by atoms with van der Waals surface area (Å²) in [6, 6.07) is 1.81. The van der Waals surface area contributed by atoms with Crippen LogP contribution in [0.3, 0.4) is 0 Å². The second-order valence-electron chi connectivity index (χ2n) is 7.85. The second-order valence-corrected chi connectivity index (χ2v) is 7.85. The smallest absolute Gasteiger partial charge is 0.326 e. The summed E-state index contributed by atoms with van der Waals surface area (Å²) < 4.78 is 1.66. The number of nitrogens with zero attached hydrogens (tertiary/aromatic N) is 4. The first-order valence-corrected chi connectivity index (χ1v) is 9.94. The van der Waals surface area contributed by atoms with Crippen molar-refractivity contribution in [3.63, 3.8) is 0 Å². The predicted octanol–water partition coefficient (Wildman–Crippen LogP) is -0.365. The highest BCUT2D eigenvalue weighted by Crippen LogP contribution is 2.28. The number of aromatic hydroxyl groups is 1. The number of rotatable bonds is 5. The first kappa shape index (κ1) is 17.9. The Bertz CT molecular complexity index is 1220. The minimum Gasteiger partial charge on any atom is -0.493 e. The Labute approximate surface area is 165 Å². The zero-order valence-corrected chi connectivity index (χ0v) is 15.8. The third-order valence-corrected chi connectivity index (χ3v) is 5.54. The molecular formula is C19H23N7O3. The van der Waals surface area contributed by atoms with Gasteiger partial charge in [-0.25, -0.2) is 9.78 Å². The molecule has 3 heterocycles. The lowest BCUT2D eigenvalue weighted by atomic mass is 10.2. The molecule has 2 unspecified atom stereocenters. The summed E-state index contributed by atoms with van der Waals surface area (Å²) >= 11 is 0. The molecule has 0 amide bonds. The van der Waals surface area contributed by atoms with Gasteiger partial charge in [0.15, 0.2) is 11.1 Å². The van der Waals surface area contributed by atoms with Crippen LogP contribution in [0, 0.1) is 5.92 Å². The minimum atomic E-state index is -0.490. The highest BCUT2D eigenvalue weighted by atomic mass is 16.3. The quantitative estimate of drug-likeness (QED) is 0.398. The molecule has 2 aliphatic carbocycles. The van der Waals surface area contributed by atoms with Crippen molar-refractivity contribution in [2.75, 3.05) is 11.9 Å². The number of fused-ring (bicyclic) bond motifs is 1. The van der Waals surface area contributed by atoms with Gasteiger partial charge in [-0.2, -0.15) is 9.61 Å². The highest BCUT2D eigenvalue weighted by molar-refractivity contribution is 5.58. The van der Waals surface area contributed by atoms with Crippen LogP contribution < -0.4 is 21.7 Å². The van der Waals surface area contributed by atoms with Crippen LogP contribution in [-0.2, 0) is 0 Å². The topological polar surface area (TPSA) is 144 Å². The van der Waals surface area contributed by atoms with E-state index in [1.54, 1.807) is 16.8 Å². The number of imidazole rings is 1. The largest absolute Gasteiger partial charge is 0.493 e. The van der Waals surface area contributed by atoms with Crippen molar-refractivity contribution in [2.45, 2.75) is 44.2 Å². The molecule has 3 aromatic rings. The van der Waals surface area contributed by atoms with Gasteiger partial charge >= 0.3 is 5.69 Å². The maximum Gasteiger partial charge on any atom is 0.326 e. The molecule has 0 bridgehead atoms. The average molecular weight is 397 g/mol. The first-order valence-electron chi connectivity index (χ1n) is 9.94. The van der Waals surface area contributed by atoms with Crippen LogP contribution >= 0.6 is 0 Å². The van der Waals surface area contributed by atoms with Crippen molar-refractivity contribution in [1.29, 1.82) is 0 Å². The number of anilines is 1. The molecule has 152 valence electrons. The Kier molecular flexibility index (Phi) is 4.35. The minimum absolute atomic E-state index is 0.0401. The van der Waals surface area contributed by atoms with Gasteiger partial charge in [-0.1, -0.05) is 0 Å². The number of hydrogen-bond donors (Lipinski definition) is 5. The Hall–Kier alpha value is -3.14. The fourth-order valence-corrected chi connectivity index (χ4v) is 3.72. The third kappa shape index (κ3) is 3.63. The van der Waals surface area contributed by atoms with E-state index in [4.69, 9.17) is 4.99 Å². The molecule has 0 aliphatic heterocycles. The second kappa shape index (κ2) is 7.03. The van der Waals surface area contributed by atoms with Gasteiger partial charge in [-0.15, -0.1) is 0 Å². The highest BCUT2D eigenvalue weighted by Gasteiger charge is 2.25. The van der Waals surface area contributed by atoms with Crippen molar-refractivity contribution in [2.24, 2.45) is 10.9 Å². The summed E-state index contributed by atoms with van der Waals surface area (Å²) in [5.74, 6) is 1.02. The maximum absolute atomic E-state index is 11.4. The standard InChI is InChI=1S/C19H23N7O3/c27-14-3-1-2-12(14)22-15-7-16(20-8-10-4-5-10)26-17(24-15)11(9-21-26)6-13-18(28)25-19(29)23-13/h6-7,9-10,12,14,22,27-28H,1-5,8H2,(H2,23,25,29). The number of H-pyrrole nitrogens is 2. The summed E-state index contributed by atoms with van der Waals surface area (Å²) in [5, 5.41) is 28.4. The molecule has 5 rings (SSSR count). The molecule has 2 atom stereocenters. The molecule has 0 radical (unpaired) electrons. The van der Waals surface area contributed by atoms with Crippen molar-refractivity contribution in [3.05, 3.63) is 39.1 Å². The SMILES string of the molecule is O=c1[nH]c(O)c(C=c2cnn3c(=NCC4CC4)cc(NC4CCCC4O)nc23)[nH]1. The molecule has 2 saturated carbocycles. The van der Waals surface area contributed by atoms with Gasteiger partial charge in [0, 0.05) is 17.8 Å². The number of aliphatic hydroxyl groups is 1. The van der Waals surface area contributed by atoms with E-state index >= 15 is 0 Å². The number of hydrogen-bond acceptors (Lipinski definition) is 7. The van der Waals surface area contributed by atoms with Crippen molar-refractivity contribution in [1.82, 2.24) is 24.6 Å². The van der Waals surface area contributed by atoms with Gasteiger partial charge in [0.1, 0.15) is 11.5 Å². The molecule has 29 heavy (non-hydrogen) atoms. The van der Waals surface area contributed by atoms with Crippen molar-refractivity contribution >= 4 is 17.5 Å². The number of aliphatic hydroxyl groups excluding tert-OH is 1. The summed E-state index contributed by atoms with van der Waals surface area (Å²) in [6.07, 6.45) is 7.90. The van der Waals surface area contributed by atoms with E-state index in [0.717, 1.165) is 25.8 Å². The summed E-state index contributed by atoms with van der Waals surface area (Å²) in [7, 11) is 0. The number of aromatic amines is 2. The zero-order valence-electron chi connectivity index (χ0n) is 15.8. The summed E-state index contributed by atoms with van der Waals surface area (Å²) in [6.45, 7) is 0.745. The van der Waals surface area contributed by atoms with Gasteiger partial charge < -0.3 is 20.5 Å². The fourth-order valence-electron chi connectivity index (χ4n) is 3.72. The molecule has 3 aromatic heterocycles. The van der Waals surface area contributed by atoms with E-state index in [1.165, 1.54) is 12.8 Å². The number of nitrogens with one attached hydrogen (secondary N) is 3. The first-order chi connectivity index (χ1) is 14.1. The lowest BCUT2D eigenvalue weighted by Gasteiger charge is -2.17. The van der Waals surface area contributed by atoms with Gasteiger partial charge in [-0.3, -0.25) is 9.98 Å². The van der Waals surface area contributed by atoms with Gasteiger partial charge in [0.05, 0.1) is 18.3 Å². The van der Waals surface area contributed by atoms with Crippen molar-refractivity contribution in [3.8, 4) is 5.88 Å². The van der Waals surface area contributed by atoms with E-state index in [0.29, 0.717) is 28.1 Å². The number of aromatic nitrogens is 5. The van der Waals surface area contributed by atoms with Crippen LogP contribution in [0.15, 0.2) is 22.1 Å². The molecule has 0 spiro atoms. The molecule has 0 saturated heterocycles. The third-order valence-electron chi connectivity index (χ3n) is 5.54.